The highest BCUT2D eigenvalue weighted by atomic mass is 32.2. The van der Waals surface area contributed by atoms with Crippen molar-refractivity contribution < 1.29 is 0 Å². The van der Waals surface area contributed by atoms with E-state index >= 15 is 0 Å². The predicted octanol–water partition coefficient (Wildman–Crippen LogP) is 2.17. The third-order valence-electron chi connectivity index (χ3n) is 3.36. The monoisotopic (exact) mass is 252 g/mol. The summed E-state index contributed by atoms with van der Waals surface area (Å²) in [6, 6.07) is 2.01. The quantitative estimate of drug-likeness (QED) is 0.893. The lowest BCUT2D eigenvalue weighted by Crippen LogP contribution is -2.42. The van der Waals surface area contributed by atoms with Crippen LogP contribution in [0, 0.1) is 0 Å². The van der Waals surface area contributed by atoms with Gasteiger partial charge in [0.2, 0.25) is 0 Å². The average molecular weight is 252 g/mol. The Labute approximate surface area is 107 Å². The number of aliphatic imine (C=N–C) groups is 1. The molecule has 1 aromatic heterocycles. The van der Waals surface area contributed by atoms with Crippen molar-refractivity contribution in [1.82, 2.24) is 15.1 Å². The summed E-state index contributed by atoms with van der Waals surface area (Å²) in [5.41, 5.74) is 1.28. The van der Waals surface area contributed by atoms with Crippen molar-refractivity contribution >= 4 is 16.9 Å². The molecule has 0 amide bonds. The molecule has 0 unspecified atom stereocenters. The Morgan fingerprint density at radius 3 is 2.82 bits per heavy atom. The highest BCUT2D eigenvalue weighted by Gasteiger charge is 2.33. The zero-order valence-corrected chi connectivity index (χ0v) is 11.5. The second-order valence-electron chi connectivity index (χ2n) is 4.50. The molecule has 0 bridgehead atoms. The minimum absolute atomic E-state index is 0.258. The summed E-state index contributed by atoms with van der Waals surface area (Å²) in [4.78, 5) is 4.59. The van der Waals surface area contributed by atoms with E-state index in [0.29, 0.717) is 6.54 Å². The van der Waals surface area contributed by atoms with Crippen LogP contribution in [0.5, 0.6) is 0 Å². The van der Waals surface area contributed by atoms with Crippen LogP contribution in [0.4, 0.5) is 0 Å². The Morgan fingerprint density at radius 1 is 1.53 bits per heavy atom. The van der Waals surface area contributed by atoms with E-state index in [0.717, 1.165) is 29.5 Å². The summed E-state index contributed by atoms with van der Waals surface area (Å²) in [6.45, 7) is 5.14. The van der Waals surface area contributed by atoms with Crippen molar-refractivity contribution in [2.45, 2.75) is 38.8 Å². The van der Waals surface area contributed by atoms with Gasteiger partial charge in [-0.2, -0.15) is 5.10 Å². The predicted molar refractivity (Wildman–Crippen MR) is 73.3 cm³/mol. The number of nitrogens with zero attached hydrogens (tertiary/aromatic N) is 3. The maximum Gasteiger partial charge on any atom is 0.157 e. The number of hydrogen-bond acceptors (Lipinski definition) is 3. The first-order valence-corrected chi connectivity index (χ1v) is 7.10. The molecule has 2 heterocycles. The highest BCUT2D eigenvalue weighted by molar-refractivity contribution is 8.14. The first kappa shape index (κ1) is 12.5. The van der Waals surface area contributed by atoms with E-state index in [1.165, 1.54) is 0 Å². The molecule has 1 saturated heterocycles. The second-order valence-corrected chi connectivity index (χ2v) is 5.47. The van der Waals surface area contributed by atoms with E-state index in [1.807, 2.05) is 35.8 Å². The lowest BCUT2D eigenvalue weighted by atomic mass is 9.96. The van der Waals surface area contributed by atoms with Crippen LogP contribution in [0.1, 0.15) is 32.4 Å². The van der Waals surface area contributed by atoms with Crippen molar-refractivity contribution in [3.05, 3.63) is 18.0 Å². The zero-order valence-electron chi connectivity index (χ0n) is 10.7. The molecular formula is C12H20N4S. The summed E-state index contributed by atoms with van der Waals surface area (Å²) in [6.07, 6.45) is 4.26. The van der Waals surface area contributed by atoms with E-state index in [1.54, 1.807) is 0 Å². The molecule has 94 valence electrons. The summed E-state index contributed by atoms with van der Waals surface area (Å²) >= 11 is 1.83. The fourth-order valence-corrected chi connectivity index (χ4v) is 3.26. The lowest BCUT2D eigenvalue weighted by molar-refractivity contribution is 0.407. The first-order valence-electron chi connectivity index (χ1n) is 6.11. The molecule has 4 nitrogen and oxygen atoms in total. The molecule has 1 N–H and O–H groups in total. The van der Waals surface area contributed by atoms with Crippen molar-refractivity contribution in [2.75, 3.05) is 5.75 Å². The van der Waals surface area contributed by atoms with E-state index < -0.39 is 0 Å². The Balaban J connectivity index is 1.96. The summed E-state index contributed by atoms with van der Waals surface area (Å²) in [5.74, 6) is 1.13. The van der Waals surface area contributed by atoms with Gasteiger partial charge in [-0.3, -0.25) is 9.67 Å². The first-order chi connectivity index (χ1) is 8.17. The molecule has 1 aliphatic heterocycles. The summed E-state index contributed by atoms with van der Waals surface area (Å²) in [5, 5.41) is 8.95. The SMILES string of the molecule is CCC1(CC)CSC(=NCc2ccn(C)n2)N1. The molecular weight excluding hydrogens is 232 g/mol. The topological polar surface area (TPSA) is 42.2 Å². The number of thioether (sulfide) groups is 1. The molecule has 0 atom stereocenters. The van der Waals surface area contributed by atoms with E-state index in [-0.39, 0.29) is 5.54 Å². The molecule has 5 heteroatoms. The van der Waals surface area contributed by atoms with Crippen molar-refractivity contribution in [3.8, 4) is 0 Å². The van der Waals surface area contributed by atoms with Crippen LogP contribution in [-0.2, 0) is 13.6 Å². The lowest BCUT2D eigenvalue weighted by Gasteiger charge is -2.25. The molecule has 1 fully saturated rings. The molecule has 0 radical (unpaired) electrons. The molecule has 0 aromatic carbocycles. The number of aryl methyl sites for hydroxylation is 1. The molecule has 0 saturated carbocycles. The van der Waals surface area contributed by atoms with E-state index in [4.69, 9.17) is 0 Å². The van der Waals surface area contributed by atoms with Gasteiger partial charge in [0.1, 0.15) is 0 Å². The minimum Gasteiger partial charge on any atom is -0.359 e. The van der Waals surface area contributed by atoms with Gasteiger partial charge >= 0.3 is 0 Å². The smallest absolute Gasteiger partial charge is 0.157 e. The zero-order chi connectivity index (χ0) is 12.3. The van der Waals surface area contributed by atoms with Crippen LogP contribution >= 0.6 is 11.8 Å². The van der Waals surface area contributed by atoms with Gasteiger partial charge in [0, 0.05) is 24.5 Å². The van der Waals surface area contributed by atoms with Crippen LogP contribution in [0.15, 0.2) is 17.3 Å². The van der Waals surface area contributed by atoms with Gasteiger partial charge < -0.3 is 5.32 Å². The molecule has 2 rings (SSSR count). The molecule has 1 aliphatic rings. The van der Waals surface area contributed by atoms with Gasteiger partial charge in [-0.05, 0) is 18.9 Å². The standard InChI is InChI=1S/C12H20N4S/c1-4-12(5-2)9-17-11(14-12)13-8-10-6-7-16(3)15-10/h6-7H,4-5,8-9H2,1-3H3,(H,13,14). The van der Waals surface area contributed by atoms with Crippen LogP contribution in [0.2, 0.25) is 0 Å². The van der Waals surface area contributed by atoms with Crippen molar-refractivity contribution in [1.29, 1.82) is 0 Å². The Bertz CT molecular complexity index is 406. The molecule has 0 spiro atoms. The van der Waals surface area contributed by atoms with Gasteiger partial charge in [0.15, 0.2) is 5.17 Å². The second kappa shape index (κ2) is 5.12. The minimum atomic E-state index is 0.258. The van der Waals surface area contributed by atoms with Crippen molar-refractivity contribution in [2.24, 2.45) is 12.0 Å². The Hall–Kier alpha value is -0.970. The summed E-state index contributed by atoms with van der Waals surface area (Å²) in [7, 11) is 1.93. The normalized spacial score (nSPS) is 20.8. The maximum atomic E-state index is 4.59. The van der Waals surface area contributed by atoms with Crippen LogP contribution < -0.4 is 5.32 Å². The fraction of sp³-hybridized carbons (Fsp3) is 0.667. The number of nitrogens with one attached hydrogen (secondary N) is 1. The average Bonchev–Trinajstić information content (AvgIpc) is 2.93. The molecule has 0 aliphatic carbocycles. The number of amidine groups is 1. The Morgan fingerprint density at radius 2 is 2.29 bits per heavy atom. The molecule has 17 heavy (non-hydrogen) atoms. The van der Waals surface area contributed by atoms with Gasteiger partial charge in [-0.15, -0.1) is 0 Å². The van der Waals surface area contributed by atoms with Gasteiger partial charge in [0.25, 0.3) is 0 Å². The van der Waals surface area contributed by atoms with Crippen LogP contribution in [0.3, 0.4) is 0 Å². The van der Waals surface area contributed by atoms with Crippen LogP contribution in [0.25, 0.3) is 0 Å². The molecule has 1 aromatic rings. The maximum absolute atomic E-state index is 4.59. The van der Waals surface area contributed by atoms with E-state index in [2.05, 4.69) is 29.3 Å². The largest absolute Gasteiger partial charge is 0.359 e. The Kier molecular flexibility index (Phi) is 3.76. The highest BCUT2D eigenvalue weighted by Crippen LogP contribution is 2.28. The fourth-order valence-electron chi connectivity index (χ4n) is 1.92. The van der Waals surface area contributed by atoms with Crippen molar-refractivity contribution in [3.63, 3.8) is 0 Å². The number of hydrogen-bond donors (Lipinski definition) is 1. The number of aromatic nitrogens is 2. The summed E-state index contributed by atoms with van der Waals surface area (Å²) < 4.78 is 1.81. The van der Waals surface area contributed by atoms with Crippen LogP contribution in [-0.4, -0.2) is 26.2 Å². The third kappa shape index (κ3) is 2.83. The van der Waals surface area contributed by atoms with Gasteiger partial charge in [-0.1, -0.05) is 25.6 Å². The third-order valence-corrected chi connectivity index (χ3v) is 4.57. The van der Waals surface area contributed by atoms with Gasteiger partial charge in [-0.25, -0.2) is 0 Å². The van der Waals surface area contributed by atoms with Gasteiger partial charge in [0.05, 0.1) is 12.2 Å². The van der Waals surface area contributed by atoms with E-state index in [9.17, 15) is 0 Å². The number of rotatable bonds is 4.